The van der Waals surface area contributed by atoms with Crippen molar-refractivity contribution in [2.24, 2.45) is 0 Å². The molecule has 2 aromatic carbocycles. The molecule has 0 aromatic heterocycles. The molecule has 0 N–H and O–H groups in total. The Morgan fingerprint density at radius 2 is 1.52 bits per heavy atom. The van der Waals surface area contributed by atoms with Gasteiger partial charge in [0.1, 0.15) is 0 Å². The lowest BCUT2D eigenvalue weighted by Gasteiger charge is -2.19. The fourth-order valence-corrected chi connectivity index (χ4v) is 2.74. The lowest BCUT2D eigenvalue weighted by Crippen LogP contribution is -2.44. The zero-order valence-electron chi connectivity index (χ0n) is 10.6. The summed E-state index contributed by atoms with van der Waals surface area (Å²) in [7, 11) is 0. The van der Waals surface area contributed by atoms with E-state index >= 15 is 0 Å². The lowest BCUT2D eigenvalue weighted by atomic mass is 9.95. The summed E-state index contributed by atoms with van der Waals surface area (Å²) in [6, 6.07) is 7.28. The number of hydrogen-bond donors (Lipinski definition) is 0. The maximum atomic E-state index is 13.3. The molecule has 2 aromatic rings. The minimum absolute atomic E-state index is 0.163. The molecule has 3 rings (SSSR count). The largest absolute Gasteiger partial charge is 0.461 e. The smallest absolute Gasteiger partial charge is 0.287 e. The predicted molar refractivity (Wildman–Crippen MR) is 66.7 cm³/mol. The molecule has 0 atom stereocenters. The molecule has 0 fully saturated rings. The number of benzene rings is 2. The number of carbonyl (C=O) groups excluding carboxylic acids is 1. The van der Waals surface area contributed by atoms with Gasteiger partial charge < -0.3 is 0 Å². The standard InChI is InChI=1S/C15H9F5O/c16-14(17,15(18,19)20)13(21)11-7-6-9-5-4-8-2-1-3-10(11)12(8)9/h1-3,6-7H,4-5H2. The number of halogens is 5. The Bertz CT molecular complexity index is 735. The zero-order chi connectivity index (χ0) is 15.4. The summed E-state index contributed by atoms with van der Waals surface area (Å²) >= 11 is 0. The average Bonchev–Trinajstić information content (AvgIpc) is 2.83. The zero-order valence-corrected chi connectivity index (χ0v) is 10.6. The van der Waals surface area contributed by atoms with Gasteiger partial charge in [0.05, 0.1) is 0 Å². The third-order valence-corrected chi connectivity index (χ3v) is 3.76. The summed E-state index contributed by atoms with van der Waals surface area (Å²) < 4.78 is 63.7. The van der Waals surface area contributed by atoms with Crippen LogP contribution in [0, 0.1) is 0 Å². The van der Waals surface area contributed by atoms with Crippen LogP contribution in [0.15, 0.2) is 30.3 Å². The van der Waals surface area contributed by atoms with Crippen LogP contribution < -0.4 is 0 Å². The minimum Gasteiger partial charge on any atom is -0.287 e. The Labute approximate surface area is 116 Å². The van der Waals surface area contributed by atoms with Gasteiger partial charge in [0, 0.05) is 5.56 Å². The first-order chi connectivity index (χ1) is 9.73. The summed E-state index contributed by atoms with van der Waals surface area (Å²) in [5.41, 5.74) is 1.15. The second-order valence-electron chi connectivity index (χ2n) is 5.01. The third kappa shape index (κ3) is 1.92. The Morgan fingerprint density at radius 1 is 0.905 bits per heavy atom. The third-order valence-electron chi connectivity index (χ3n) is 3.76. The van der Waals surface area contributed by atoms with Gasteiger partial charge in [-0.15, -0.1) is 0 Å². The highest BCUT2D eigenvalue weighted by Crippen LogP contribution is 2.40. The van der Waals surface area contributed by atoms with Crippen LogP contribution >= 0.6 is 0 Å². The van der Waals surface area contributed by atoms with E-state index in [9.17, 15) is 26.7 Å². The van der Waals surface area contributed by atoms with E-state index in [0.29, 0.717) is 18.2 Å². The van der Waals surface area contributed by atoms with Gasteiger partial charge in [-0.25, -0.2) is 0 Å². The lowest BCUT2D eigenvalue weighted by molar-refractivity contribution is -0.255. The van der Waals surface area contributed by atoms with E-state index in [0.717, 1.165) is 17.2 Å². The topological polar surface area (TPSA) is 17.1 Å². The molecule has 0 saturated carbocycles. The average molecular weight is 300 g/mol. The van der Waals surface area contributed by atoms with Gasteiger partial charge in [0.25, 0.3) is 0 Å². The number of rotatable bonds is 2. The van der Waals surface area contributed by atoms with E-state index in [1.54, 1.807) is 12.1 Å². The monoisotopic (exact) mass is 300 g/mol. The maximum absolute atomic E-state index is 13.3. The summed E-state index contributed by atoms with van der Waals surface area (Å²) in [6.07, 6.45) is -4.51. The summed E-state index contributed by atoms with van der Waals surface area (Å²) in [5, 5.41) is 0.790. The number of hydrogen-bond acceptors (Lipinski definition) is 1. The molecule has 1 aliphatic rings. The molecular weight excluding hydrogens is 291 g/mol. The minimum atomic E-state index is -5.90. The van der Waals surface area contributed by atoms with Gasteiger partial charge >= 0.3 is 12.1 Å². The Balaban J connectivity index is 2.22. The van der Waals surface area contributed by atoms with Crippen molar-refractivity contribution < 1.29 is 26.7 Å². The van der Waals surface area contributed by atoms with Gasteiger partial charge in [0.15, 0.2) is 0 Å². The van der Waals surface area contributed by atoms with Crippen LogP contribution in [0.2, 0.25) is 0 Å². The molecule has 0 amide bonds. The summed E-state index contributed by atoms with van der Waals surface area (Å²) in [4.78, 5) is 11.7. The van der Waals surface area contributed by atoms with E-state index in [1.807, 2.05) is 0 Å². The Morgan fingerprint density at radius 3 is 2.14 bits per heavy atom. The molecule has 0 bridgehead atoms. The van der Waals surface area contributed by atoms with E-state index in [-0.39, 0.29) is 5.39 Å². The van der Waals surface area contributed by atoms with Gasteiger partial charge in [-0.3, -0.25) is 4.79 Å². The molecule has 0 spiro atoms. The fourth-order valence-electron chi connectivity index (χ4n) is 2.74. The summed E-state index contributed by atoms with van der Waals surface area (Å²) in [5.74, 6) is -7.59. The molecular formula is C15H9F5O. The van der Waals surface area contributed by atoms with Crippen LogP contribution in [0.1, 0.15) is 21.5 Å². The normalized spacial score (nSPS) is 14.7. The first-order valence-corrected chi connectivity index (χ1v) is 6.26. The molecule has 0 radical (unpaired) electrons. The number of aryl methyl sites for hydroxylation is 2. The van der Waals surface area contributed by atoms with Crippen LogP contribution in [-0.2, 0) is 12.8 Å². The maximum Gasteiger partial charge on any atom is 0.461 e. The first kappa shape index (κ1) is 14.0. The fraction of sp³-hybridized carbons (Fsp3) is 0.267. The van der Waals surface area contributed by atoms with E-state index in [4.69, 9.17) is 0 Å². The van der Waals surface area contributed by atoms with Gasteiger partial charge in [-0.2, -0.15) is 22.0 Å². The van der Waals surface area contributed by atoms with Gasteiger partial charge in [0.2, 0.25) is 5.78 Å². The number of carbonyl (C=O) groups is 1. The molecule has 0 heterocycles. The molecule has 110 valence electrons. The highest BCUT2D eigenvalue weighted by molar-refractivity contribution is 6.13. The molecule has 21 heavy (non-hydrogen) atoms. The van der Waals surface area contributed by atoms with E-state index in [2.05, 4.69) is 0 Å². The first-order valence-electron chi connectivity index (χ1n) is 6.26. The Hall–Kier alpha value is -1.98. The van der Waals surface area contributed by atoms with Crippen molar-refractivity contribution in [1.82, 2.24) is 0 Å². The number of alkyl halides is 5. The van der Waals surface area contributed by atoms with Crippen LogP contribution in [0.5, 0.6) is 0 Å². The van der Waals surface area contributed by atoms with Crippen molar-refractivity contribution in [3.8, 4) is 0 Å². The highest BCUT2D eigenvalue weighted by atomic mass is 19.4. The molecule has 0 unspecified atom stereocenters. The van der Waals surface area contributed by atoms with E-state index < -0.39 is 23.4 Å². The van der Waals surface area contributed by atoms with Crippen LogP contribution in [0.3, 0.4) is 0 Å². The van der Waals surface area contributed by atoms with Crippen molar-refractivity contribution in [3.05, 3.63) is 47.0 Å². The summed E-state index contributed by atoms with van der Waals surface area (Å²) in [6.45, 7) is 0. The second-order valence-corrected chi connectivity index (χ2v) is 5.01. The highest BCUT2D eigenvalue weighted by Gasteiger charge is 2.63. The molecule has 0 aliphatic heterocycles. The quantitative estimate of drug-likeness (QED) is 0.596. The molecule has 1 aliphatic carbocycles. The Kier molecular flexibility index (Phi) is 2.83. The van der Waals surface area contributed by atoms with Gasteiger partial charge in [-0.1, -0.05) is 30.3 Å². The molecule has 1 nitrogen and oxygen atoms in total. The number of Topliss-reactive ketones (excluding diaryl/α,β-unsaturated/α-hetero) is 1. The number of ketones is 1. The van der Waals surface area contributed by atoms with Crippen molar-refractivity contribution in [1.29, 1.82) is 0 Å². The van der Waals surface area contributed by atoms with Crippen molar-refractivity contribution >= 4 is 16.6 Å². The van der Waals surface area contributed by atoms with Crippen molar-refractivity contribution in [2.45, 2.75) is 24.9 Å². The van der Waals surface area contributed by atoms with Crippen LogP contribution in [0.25, 0.3) is 10.8 Å². The van der Waals surface area contributed by atoms with E-state index in [1.165, 1.54) is 12.1 Å². The van der Waals surface area contributed by atoms with Crippen LogP contribution in [-0.4, -0.2) is 17.9 Å². The predicted octanol–water partition coefficient (Wildman–Crippen LogP) is 4.32. The van der Waals surface area contributed by atoms with Gasteiger partial charge in [-0.05, 0) is 34.7 Å². The molecule has 0 saturated heterocycles. The SMILES string of the molecule is O=C(c1ccc2c3c(cccc13)CC2)C(F)(F)C(F)(F)F. The second kappa shape index (κ2) is 4.26. The van der Waals surface area contributed by atoms with Crippen molar-refractivity contribution in [3.63, 3.8) is 0 Å². The van der Waals surface area contributed by atoms with Crippen LogP contribution in [0.4, 0.5) is 22.0 Å². The molecule has 6 heteroatoms. The van der Waals surface area contributed by atoms with Crippen molar-refractivity contribution in [2.75, 3.05) is 0 Å².